The van der Waals surface area contributed by atoms with Gasteiger partial charge in [-0.1, -0.05) is 6.08 Å². The molecule has 94 valence electrons. The molecule has 0 N–H and O–H groups in total. The van der Waals surface area contributed by atoms with Crippen LogP contribution in [-0.2, 0) is 0 Å². The molecule has 0 fully saturated rings. The monoisotopic (exact) mass is 241 g/mol. The predicted octanol–water partition coefficient (Wildman–Crippen LogP) is 3.77. The van der Waals surface area contributed by atoms with Crippen molar-refractivity contribution in [3.8, 4) is 0 Å². The number of furan rings is 1. The van der Waals surface area contributed by atoms with Gasteiger partial charge >= 0.3 is 0 Å². The summed E-state index contributed by atoms with van der Waals surface area (Å²) in [6.07, 6.45) is 3.36. The van der Waals surface area contributed by atoms with Crippen LogP contribution in [0.1, 0.15) is 23.3 Å². The molecule has 0 atom stereocenters. The number of aryl methyl sites for hydroxylation is 2. The lowest BCUT2D eigenvalue weighted by Gasteiger charge is -2.20. The third-order valence-electron chi connectivity index (χ3n) is 3.86. The molecule has 0 saturated heterocycles. The second-order valence-electron chi connectivity index (χ2n) is 5.33. The van der Waals surface area contributed by atoms with Crippen molar-refractivity contribution in [1.29, 1.82) is 0 Å². The van der Waals surface area contributed by atoms with Gasteiger partial charge in [-0.2, -0.15) is 0 Å². The Hall–Kier alpha value is -1.54. The summed E-state index contributed by atoms with van der Waals surface area (Å²) in [5, 5.41) is 1.22. The molecule has 0 unspecified atom stereocenters. The third kappa shape index (κ3) is 1.97. The molecule has 3 rings (SSSR count). The lowest BCUT2D eigenvalue weighted by Crippen LogP contribution is -2.23. The first kappa shape index (κ1) is 11.5. The van der Waals surface area contributed by atoms with Gasteiger partial charge in [-0.3, -0.25) is 0 Å². The molecule has 2 aromatic rings. The van der Waals surface area contributed by atoms with Crippen molar-refractivity contribution in [2.75, 3.05) is 20.1 Å². The van der Waals surface area contributed by atoms with Gasteiger partial charge < -0.3 is 9.32 Å². The summed E-state index contributed by atoms with van der Waals surface area (Å²) < 4.78 is 5.99. The lowest BCUT2D eigenvalue weighted by molar-refractivity contribution is 0.368. The van der Waals surface area contributed by atoms with Crippen LogP contribution in [-0.4, -0.2) is 25.0 Å². The molecule has 0 aliphatic carbocycles. The Kier molecular flexibility index (Phi) is 2.75. The molecular formula is C16H19NO. The van der Waals surface area contributed by atoms with Gasteiger partial charge in [-0.05, 0) is 62.2 Å². The highest BCUT2D eigenvalue weighted by molar-refractivity contribution is 5.83. The molecule has 2 heterocycles. The van der Waals surface area contributed by atoms with Gasteiger partial charge in [0.2, 0.25) is 0 Å². The van der Waals surface area contributed by atoms with Gasteiger partial charge in [0.1, 0.15) is 11.3 Å². The van der Waals surface area contributed by atoms with E-state index >= 15 is 0 Å². The van der Waals surface area contributed by atoms with E-state index in [0.29, 0.717) is 0 Å². The molecule has 0 spiro atoms. The minimum absolute atomic E-state index is 1.01. The van der Waals surface area contributed by atoms with Gasteiger partial charge in [0.25, 0.3) is 0 Å². The smallest absolute Gasteiger partial charge is 0.135 e. The quantitative estimate of drug-likeness (QED) is 0.755. The van der Waals surface area contributed by atoms with Crippen LogP contribution in [0.15, 0.2) is 28.7 Å². The Morgan fingerprint density at radius 1 is 1.11 bits per heavy atom. The van der Waals surface area contributed by atoms with E-state index in [1.807, 2.05) is 0 Å². The Morgan fingerprint density at radius 3 is 2.61 bits per heavy atom. The normalized spacial score (nSPS) is 17.2. The fraction of sp³-hybridized carbons (Fsp3) is 0.375. The van der Waals surface area contributed by atoms with Crippen molar-refractivity contribution in [3.63, 3.8) is 0 Å². The summed E-state index contributed by atoms with van der Waals surface area (Å²) >= 11 is 0. The number of rotatable bonds is 1. The number of hydrogen-bond acceptors (Lipinski definition) is 2. The Bertz CT molecular complexity index is 582. The van der Waals surface area contributed by atoms with Gasteiger partial charge in [-0.15, -0.1) is 0 Å². The predicted molar refractivity (Wildman–Crippen MR) is 75.8 cm³/mol. The van der Waals surface area contributed by atoms with Crippen molar-refractivity contribution in [1.82, 2.24) is 4.90 Å². The number of nitrogens with zero attached hydrogens (tertiary/aromatic N) is 1. The Balaban J connectivity index is 2.03. The van der Waals surface area contributed by atoms with Gasteiger partial charge in [0.05, 0.1) is 0 Å². The summed E-state index contributed by atoms with van der Waals surface area (Å²) in [4.78, 5) is 2.32. The zero-order valence-electron chi connectivity index (χ0n) is 11.3. The number of fused-ring (bicyclic) bond motifs is 1. The maximum Gasteiger partial charge on any atom is 0.135 e. The second-order valence-corrected chi connectivity index (χ2v) is 5.33. The second kappa shape index (κ2) is 4.29. The van der Waals surface area contributed by atoms with E-state index in [1.165, 1.54) is 22.1 Å². The molecule has 1 aromatic carbocycles. The zero-order valence-corrected chi connectivity index (χ0v) is 11.3. The van der Waals surface area contributed by atoms with Crippen LogP contribution in [0.25, 0.3) is 16.5 Å². The van der Waals surface area contributed by atoms with E-state index in [4.69, 9.17) is 4.42 Å². The molecule has 18 heavy (non-hydrogen) atoms. The van der Waals surface area contributed by atoms with Crippen LogP contribution in [0.2, 0.25) is 0 Å². The summed E-state index contributed by atoms with van der Waals surface area (Å²) in [6.45, 7) is 6.41. The molecule has 0 bridgehead atoms. The van der Waals surface area contributed by atoms with E-state index in [2.05, 4.69) is 50.1 Å². The molecule has 2 heteroatoms. The molecule has 2 nitrogen and oxygen atoms in total. The maximum absolute atomic E-state index is 5.99. The van der Waals surface area contributed by atoms with Crippen molar-refractivity contribution in [2.24, 2.45) is 0 Å². The van der Waals surface area contributed by atoms with E-state index < -0.39 is 0 Å². The van der Waals surface area contributed by atoms with Crippen LogP contribution in [0, 0.1) is 13.8 Å². The first-order chi connectivity index (χ1) is 8.63. The standard InChI is InChI=1S/C16H19NO/c1-11-8-14-10-16(18-15(14)9-12(11)2)13-4-6-17(3)7-5-13/h4,8-10H,5-7H2,1-3H3. The molecule has 1 aromatic heterocycles. The van der Waals surface area contributed by atoms with Crippen LogP contribution in [0.5, 0.6) is 0 Å². The fourth-order valence-corrected chi connectivity index (χ4v) is 2.46. The van der Waals surface area contributed by atoms with Crippen molar-refractivity contribution in [2.45, 2.75) is 20.3 Å². The molecule has 0 radical (unpaired) electrons. The van der Waals surface area contributed by atoms with Gasteiger partial charge in [0, 0.05) is 18.5 Å². The van der Waals surface area contributed by atoms with Crippen LogP contribution in [0.3, 0.4) is 0 Å². The summed E-state index contributed by atoms with van der Waals surface area (Å²) in [5.74, 6) is 1.04. The highest BCUT2D eigenvalue weighted by atomic mass is 16.3. The molecule has 1 aliphatic rings. The Labute approximate surface area is 108 Å². The van der Waals surface area contributed by atoms with Gasteiger partial charge in [0.15, 0.2) is 0 Å². The first-order valence-electron chi connectivity index (χ1n) is 6.52. The zero-order chi connectivity index (χ0) is 12.7. The van der Waals surface area contributed by atoms with E-state index in [1.54, 1.807) is 0 Å². The minimum atomic E-state index is 1.01. The van der Waals surface area contributed by atoms with Crippen molar-refractivity contribution >= 4 is 16.5 Å². The average molecular weight is 241 g/mol. The number of hydrogen-bond donors (Lipinski definition) is 0. The highest BCUT2D eigenvalue weighted by Gasteiger charge is 2.14. The van der Waals surface area contributed by atoms with E-state index in [0.717, 1.165) is 30.9 Å². The van der Waals surface area contributed by atoms with Crippen LogP contribution in [0.4, 0.5) is 0 Å². The van der Waals surface area contributed by atoms with Crippen LogP contribution < -0.4 is 0 Å². The number of benzene rings is 1. The third-order valence-corrected chi connectivity index (χ3v) is 3.86. The maximum atomic E-state index is 5.99. The molecule has 1 aliphatic heterocycles. The highest BCUT2D eigenvalue weighted by Crippen LogP contribution is 2.29. The fourth-order valence-electron chi connectivity index (χ4n) is 2.46. The summed E-state index contributed by atoms with van der Waals surface area (Å²) in [6, 6.07) is 6.54. The van der Waals surface area contributed by atoms with Crippen molar-refractivity contribution in [3.05, 3.63) is 41.2 Å². The average Bonchev–Trinajstić information content (AvgIpc) is 2.73. The topological polar surface area (TPSA) is 16.4 Å². The Morgan fingerprint density at radius 2 is 1.89 bits per heavy atom. The first-order valence-corrected chi connectivity index (χ1v) is 6.52. The largest absolute Gasteiger partial charge is 0.456 e. The van der Waals surface area contributed by atoms with E-state index in [-0.39, 0.29) is 0 Å². The summed E-state index contributed by atoms with van der Waals surface area (Å²) in [7, 11) is 2.15. The molecule has 0 saturated carbocycles. The van der Waals surface area contributed by atoms with Crippen molar-refractivity contribution < 1.29 is 4.42 Å². The summed E-state index contributed by atoms with van der Waals surface area (Å²) in [5.41, 5.74) is 4.97. The lowest BCUT2D eigenvalue weighted by atomic mass is 10.0. The number of likely N-dealkylation sites (N-methyl/N-ethyl adjacent to an activating group) is 1. The molecule has 0 amide bonds. The minimum Gasteiger partial charge on any atom is -0.456 e. The molecular weight excluding hydrogens is 222 g/mol. The van der Waals surface area contributed by atoms with E-state index in [9.17, 15) is 0 Å². The van der Waals surface area contributed by atoms with Gasteiger partial charge in [-0.25, -0.2) is 0 Å². The van der Waals surface area contributed by atoms with Crippen LogP contribution >= 0.6 is 0 Å². The SMILES string of the molecule is Cc1cc2cc(C3=CCN(C)CC3)oc2cc1C.